The fourth-order valence-corrected chi connectivity index (χ4v) is 3.46. The Balaban J connectivity index is 2.15. The minimum Gasteiger partial charge on any atom is -0.388 e. The summed E-state index contributed by atoms with van der Waals surface area (Å²) in [6.45, 7) is 8.93. The molecular weight excluding hydrogens is 246 g/mol. The van der Waals surface area contributed by atoms with Crippen LogP contribution in [0.3, 0.4) is 0 Å². The Bertz CT molecular complexity index is 415. The van der Waals surface area contributed by atoms with Crippen molar-refractivity contribution >= 4 is 5.69 Å². The van der Waals surface area contributed by atoms with Gasteiger partial charge in [0.2, 0.25) is 0 Å². The van der Waals surface area contributed by atoms with Crippen LogP contribution in [0.1, 0.15) is 64.5 Å². The number of aliphatic hydroxyl groups is 1. The number of hydrogen-bond acceptors (Lipinski definition) is 2. The highest BCUT2D eigenvalue weighted by Gasteiger charge is 2.32. The first-order valence-electron chi connectivity index (χ1n) is 8.17. The van der Waals surface area contributed by atoms with Crippen LogP contribution in [0.4, 0.5) is 5.69 Å². The van der Waals surface area contributed by atoms with E-state index in [9.17, 15) is 5.11 Å². The van der Waals surface area contributed by atoms with Crippen molar-refractivity contribution in [3.63, 3.8) is 0 Å². The van der Waals surface area contributed by atoms with Gasteiger partial charge in [0.05, 0.1) is 6.10 Å². The van der Waals surface area contributed by atoms with Gasteiger partial charge in [-0.2, -0.15) is 0 Å². The highest BCUT2D eigenvalue weighted by Crippen LogP contribution is 2.40. The number of para-hydroxylation sites is 1. The van der Waals surface area contributed by atoms with Crippen LogP contribution in [-0.4, -0.2) is 18.2 Å². The van der Waals surface area contributed by atoms with Gasteiger partial charge >= 0.3 is 0 Å². The molecule has 112 valence electrons. The summed E-state index contributed by atoms with van der Waals surface area (Å²) in [5, 5.41) is 10.2. The highest BCUT2D eigenvalue weighted by atomic mass is 16.3. The van der Waals surface area contributed by atoms with Crippen LogP contribution in [0.5, 0.6) is 0 Å². The van der Waals surface area contributed by atoms with E-state index in [0.29, 0.717) is 5.41 Å². The molecule has 0 aromatic heterocycles. The Morgan fingerprint density at radius 3 is 2.25 bits per heavy atom. The van der Waals surface area contributed by atoms with E-state index in [0.717, 1.165) is 25.1 Å². The molecule has 0 bridgehead atoms. The molecule has 1 aliphatic heterocycles. The molecular formula is C18H29NO. The molecule has 20 heavy (non-hydrogen) atoms. The zero-order valence-electron chi connectivity index (χ0n) is 13.2. The maximum atomic E-state index is 10.2. The first kappa shape index (κ1) is 15.4. The van der Waals surface area contributed by atoms with Crippen molar-refractivity contribution < 1.29 is 5.11 Å². The third-order valence-electron chi connectivity index (χ3n) is 5.35. The molecule has 0 radical (unpaired) electrons. The van der Waals surface area contributed by atoms with E-state index in [-0.39, 0.29) is 6.10 Å². The van der Waals surface area contributed by atoms with Gasteiger partial charge in [0, 0.05) is 24.3 Å². The Kier molecular flexibility index (Phi) is 5.09. The highest BCUT2D eigenvalue weighted by molar-refractivity contribution is 5.55. The average Bonchev–Trinajstić information content (AvgIpc) is 2.54. The van der Waals surface area contributed by atoms with E-state index < -0.39 is 0 Å². The van der Waals surface area contributed by atoms with Crippen molar-refractivity contribution in [2.75, 3.05) is 18.0 Å². The number of hydrogen-bond donors (Lipinski definition) is 1. The molecule has 1 aromatic carbocycles. The summed E-state index contributed by atoms with van der Waals surface area (Å²) in [6.07, 6.45) is 5.56. The standard InChI is InChI=1S/C18H29NO/c1-4-17(20)15-9-7-8-10-16(15)19-13-11-18(5-2,6-3)12-14-19/h7-10,17,20H,4-6,11-14H2,1-3H3/t17-/m1/s1. The van der Waals surface area contributed by atoms with E-state index in [1.165, 1.54) is 31.4 Å². The lowest BCUT2D eigenvalue weighted by Gasteiger charge is -2.42. The topological polar surface area (TPSA) is 23.5 Å². The minimum atomic E-state index is -0.338. The van der Waals surface area contributed by atoms with Crippen LogP contribution in [-0.2, 0) is 0 Å². The first-order valence-corrected chi connectivity index (χ1v) is 8.17. The van der Waals surface area contributed by atoms with Gasteiger partial charge in [0.1, 0.15) is 0 Å². The smallest absolute Gasteiger partial charge is 0.0807 e. The molecule has 1 aliphatic rings. The summed E-state index contributed by atoms with van der Waals surface area (Å²) in [5.41, 5.74) is 2.88. The lowest BCUT2D eigenvalue weighted by Crippen LogP contribution is -2.40. The zero-order valence-corrected chi connectivity index (χ0v) is 13.2. The van der Waals surface area contributed by atoms with Crippen molar-refractivity contribution in [3.05, 3.63) is 29.8 Å². The molecule has 0 aliphatic carbocycles. The molecule has 2 heteroatoms. The summed E-state index contributed by atoms with van der Waals surface area (Å²) in [5.74, 6) is 0. The zero-order chi connectivity index (χ0) is 14.6. The quantitative estimate of drug-likeness (QED) is 0.853. The summed E-state index contributed by atoms with van der Waals surface area (Å²) >= 11 is 0. The largest absolute Gasteiger partial charge is 0.388 e. The van der Waals surface area contributed by atoms with Gasteiger partial charge in [-0.15, -0.1) is 0 Å². The van der Waals surface area contributed by atoms with Gasteiger partial charge in [0.25, 0.3) is 0 Å². The van der Waals surface area contributed by atoms with Crippen LogP contribution in [0, 0.1) is 5.41 Å². The molecule has 0 amide bonds. The van der Waals surface area contributed by atoms with E-state index in [4.69, 9.17) is 0 Å². The number of benzene rings is 1. The molecule has 1 heterocycles. The molecule has 2 nitrogen and oxygen atoms in total. The average molecular weight is 275 g/mol. The maximum absolute atomic E-state index is 10.2. The second kappa shape index (κ2) is 6.62. The van der Waals surface area contributed by atoms with E-state index in [1.807, 2.05) is 13.0 Å². The molecule has 1 fully saturated rings. The van der Waals surface area contributed by atoms with Gasteiger partial charge < -0.3 is 10.0 Å². The molecule has 2 rings (SSSR count). The fraction of sp³-hybridized carbons (Fsp3) is 0.667. The van der Waals surface area contributed by atoms with Crippen molar-refractivity contribution in [1.82, 2.24) is 0 Å². The van der Waals surface area contributed by atoms with Crippen molar-refractivity contribution in [3.8, 4) is 0 Å². The van der Waals surface area contributed by atoms with Crippen LogP contribution >= 0.6 is 0 Å². The van der Waals surface area contributed by atoms with Crippen LogP contribution in [0.15, 0.2) is 24.3 Å². The van der Waals surface area contributed by atoms with Gasteiger partial charge in [-0.25, -0.2) is 0 Å². The predicted octanol–water partition coefficient (Wildman–Crippen LogP) is 4.54. The minimum absolute atomic E-state index is 0.338. The fourth-order valence-electron chi connectivity index (χ4n) is 3.46. The predicted molar refractivity (Wildman–Crippen MR) is 86.2 cm³/mol. The molecule has 1 saturated heterocycles. The van der Waals surface area contributed by atoms with Crippen molar-refractivity contribution in [2.24, 2.45) is 5.41 Å². The Morgan fingerprint density at radius 1 is 1.10 bits per heavy atom. The summed E-state index contributed by atoms with van der Waals surface area (Å²) < 4.78 is 0. The van der Waals surface area contributed by atoms with E-state index >= 15 is 0 Å². The van der Waals surface area contributed by atoms with Crippen molar-refractivity contribution in [2.45, 2.75) is 59.0 Å². The lowest BCUT2D eigenvalue weighted by atomic mass is 9.74. The van der Waals surface area contributed by atoms with Gasteiger partial charge in [-0.05, 0) is 30.7 Å². The number of aliphatic hydroxyl groups excluding tert-OH is 1. The number of piperidine rings is 1. The van der Waals surface area contributed by atoms with Crippen LogP contribution in [0.25, 0.3) is 0 Å². The summed E-state index contributed by atoms with van der Waals surface area (Å²) in [7, 11) is 0. The SMILES string of the molecule is CC[C@@H](O)c1ccccc1N1CCC(CC)(CC)CC1. The molecule has 0 saturated carbocycles. The Hall–Kier alpha value is -1.02. The molecule has 1 atom stereocenters. The normalized spacial score (nSPS) is 19.9. The molecule has 0 spiro atoms. The van der Waals surface area contributed by atoms with Crippen LogP contribution in [0.2, 0.25) is 0 Å². The number of anilines is 1. The molecule has 1 N–H and O–H groups in total. The van der Waals surface area contributed by atoms with Gasteiger partial charge in [0.15, 0.2) is 0 Å². The third kappa shape index (κ3) is 3.01. The van der Waals surface area contributed by atoms with E-state index in [1.54, 1.807) is 0 Å². The van der Waals surface area contributed by atoms with E-state index in [2.05, 4.69) is 36.9 Å². The number of rotatable bonds is 5. The van der Waals surface area contributed by atoms with Gasteiger partial charge in [-0.3, -0.25) is 0 Å². The first-order chi connectivity index (χ1) is 9.65. The monoisotopic (exact) mass is 275 g/mol. The molecule has 1 aromatic rings. The Labute approximate surface area is 123 Å². The van der Waals surface area contributed by atoms with Crippen molar-refractivity contribution in [1.29, 1.82) is 0 Å². The Morgan fingerprint density at radius 2 is 1.70 bits per heavy atom. The second-order valence-electron chi connectivity index (χ2n) is 6.18. The maximum Gasteiger partial charge on any atom is 0.0807 e. The number of nitrogens with zero attached hydrogens (tertiary/aromatic N) is 1. The van der Waals surface area contributed by atoms with Crippen LogP contribution < -0.4 is 4.90 Å². The summed E-state index contributed by atoms with van der Waals surface area (Å²) in [4.78, 5) is 2.47. The molecule has 0 unspecified atom stereocenters. The lowest BCUT2D eigenvalue weighted by molar-refractivity contribution is 0.172. The second-order valence-corrected chi connectivity index (χ2v) is 6.18. The third-order valence-corrected chi connectivity index (χ3v) is 5.35. The van der Waals surface area contributed by atoms with Gasteiger partial charge in [-0.1, -0.05) is 51.8 Å². The summed E-state index contributed by atoms with van der Waals surface area (Å²) in [6, 6.07) is 8.36.